The summed E-state index contributed by atoms with van der Waals surface area (Å²) in [6.45, 7) is 3.88. The quantitative estimate of drug-likeness (QED) is 0.695. The Balaban J connectivity index is 2.10. The van der Waals surface area contributed by atoms with Crippen LogP contribution in [-0.4, -0.2) is 11.9 Å². The molecule has 2 nitrogen and oxygen atoms in total. The van der Waals surface area contributed by atoms with Crippen molar-refractivity contribution < 1.29 is 4.79 Å². The molecule has 0 unspecified atom stereocenters. The lowest BCUT2D eigenvalue weighted by Crippen LogP contribution is -2.36. The molecule has 0 aromatic rings. The van der Waals surface area contributed by atoms with Gasteiger partial charge in [-0.05, 0) is 31.6 Å². The summed E-state index contributed by atoms with van der Waals surface area (Å²) < 4.78 is 0. The first-order chi connectivity index (χ1) is 7.22. The SMILES string of the molecule is CCCCCC1CCC(NC(C)=O)CC1. The third-order valence-corrected chi connectivity index (χ3v) is 3.47. The highest BCUT2D eigenvalue weighted by molar-refractivity contribution is 5.73. The molecule has 0 bridgehead atoms. The Morgan fingerprint density at radius 3 is 2.40 bits per heavy atom. The van der Waals surface area contributed by atoms with E-state index in [2.05, 4.69) is 12.2 Å². The Morgan fingerprint density at radius 1 is 1.20 bits per heavy atom. The van der Waals surface area contributed by atoms with Gasteiger partial charge in [0.25, 0.3) is 0 Å². The van der Waals surface area contributed by atoms with Gasteiger partial charge in [-0.15, -0.1) is 0 Å². The summed E-state index contributed by atoms with van der Waals surface area (Å²) in [5, 5.41) is 3.03. The van der Waals surface area contributed by atoms with Crippen LogP contribution in [0, 0.1) is 5.92 Å². The minimum absolute atomic E-state index is 0.129. The standard InChI is InChI=1S/C13H25NO/c1-3-4-5-6-12-7-9-13(10-8-12)14-11(2)15/h12-13H,3-10H2,1-2H3,(H,14,15). The predicted octanol–water partition coefficient (Wildman–Crippen LogP) is 3.26. The number of unbranched alkanes of at least 4 members (excludes halogenated alkanes) is 2. The van der Waals surface area contributed by atoms with Gasteiger partial charge in [-0.3, -0.25) is 4.79 Å². The maximum Gasteiger partial charge on any atom is 0.217 e. The molecular formula is C13H25NO. The zero-order valence-corrected chi connectivity index (χ0v) is 10.2. The van der Waals surface area contributed by atoms with Crippen molar-refractivity contribution in [2.75, 3.05) is 0 Å². The van der Waals surface area contributed by atoms with E-state index in [0.717, 1.165) is 5.92 Å². The third kappa shape index (κ3) is 5.19. The van der Waals surface area contributed by atoms with Crippen LogP contribution in [0.3, 0.4) is 0 Å². The molecule has 15 heavy (non-hydrogen) atoms. The molecule has 2 heteroatoms. The molecule has 0 aromatic carbocycles. The lowest BCUT2D eigenvalue weighted by molar-refractivity contribution is -0.119. The molecule has 0 heterocycles. The first-order valence-corrected chi connectivity index (χ1v) is 6.49. The summed E-state index contributed by atoms with van der Waals surface area (Å²) >= 11 is 0. The van der Waals surface area contributed by atoms with E-state index in [1.54, 1.807) is 6.92 Å². The van der Waals surface area contributed by atoms with E-state index < -0.39 is 0 Å². The Bertz CT molecular complexity index is 183. The van der Waals surface area contributed by atoms with Gasteiger partial charge < -0.3 is 5.32 Å². The third-order valence-electron chi connectivity index (χ3n) is 3.47. The summed E-state index contributed by atoms with van der Waals surface area (Å²) in [5.74, 6) is 1.06. The van der Waals surface area contributed by atoms with E-state index in [-0.39, 0.29) is 5.91 Å². The smallest absolute Gasteiger partial charge is 0.217 e. The molecule has 1 aliphatic carbocycles. The van der Waals surface area contributed by atoms with Crippen LogP contribution in [0.15, 0.2) is 0 Å². The number of nitrogens with one attached hydrogen (secondary N) is 1. The normalized spacial score (nSPS) is 26.3. The largest absolute Gasteiger partial charge is 0.354 e. The second kappa shape index (κ2) is 6.86. The van der Waals surface area contributed by atoms with Crippen molar-refractivity contribution in [3.05, 3.63) is 0 Å². The summed E-state index contributed by atoms with van der Waals surface area (Å²) in [6.07, 6.45) is 10.5. The second-order valence-corrected chi connectivity index (χ2v) is 4.91. The molecule has 0 aromatic heterocycles. The molecule has 0 aliphatic heterocycles. The van der Waals surface area contributed by atoms with E-state index in [9.17, 15) is 4.79 Å². The molecule has 1 aliphatic rings. The first-order valence-electron chi connectivity index (χ1n) is 6.49. The number of hydrogen-bond acceptors (Lipinski definition) is 1. The minimum atomic E-state index is 0.129. The fourth-order valence-corrected chi connectivity index (χ4v) is 2.57. The van der Waals surface area contributed by atoms with Crippen LogP contribution in [0.5, 0.6) is 0 Å². The number of rotatable bonds is 5. The van der Waals surface area contributed by atoms with E-state index in [4.69, 9.17) is 0 Å². The van der Waals surface area contributed by atoms with Gasteiger partial charge in [0.1, 0.15) is 0 Å². The van der Waals surface area contributed by atoms with Gasteiger partial charge in [0.15, 0.2) is 0 Å². The highest BCUT2D eigenvalue weighted by Crippen LogP contribution is 2.28. The Labute approximate surface area is 93.8 Å². The van der Waals surface area contributed by atoms with Gasteiger partial charge in [-0.2, -0.15) is 0 Å². The average molecular weight is 211 g/mol. The molecule has 0 saturated heterocycles. The lowest BCUT2D eigenvalue weighted by Gasteiger charge is -2.28. The molecule has 0 atom stereocenters. The fourth-order valence-electron chi connectivity index (χ4n) is 2.57. The molecule has 1 N–H and O–H groups in total. The average Bonchev–Trinajstić information content (AvgIpc) is 2.20. The summed E-state index contributed by atoms with van der Waals surface area (Å²) in [4.78, 5) is 10.9. The Morgan fingerprint density at radius 2 is 1.87 bits per heavy atom. The predicted molar refractivity (Wildman–Crippen MR) is 63.7 cm³/mol. The van der Waals surface area contributed by atoms with Gasteiger partial charge in [0, 0.05) is 13.0 Å². The van der Waals surface area contributed by atoms with Crippen molar-refractivity contribution in [1.29, 1.82) is 0 Å². The highest BCUT2D eigenvalue weighted by Gasteiger charge is 2.20. The van der Waals surface area contributed by atoms with Gasteiger partial charge in [-0.1, -0.05) is 32.6 Å². The molecule has 1 saturated carbocycles. The van der Waals surface area contributed by atoms with Crippen LogP contribution in [0.25, 0.3) is 0 Å². The van der Waals surface area contributed by atoms with Crippen LogP contribution in [-0.2, 0) is 4.79 Å². The molecule has 0 radical (unpaired) electrons. The zero-order chi connectivity index (χ0) is 11.1. The topological polar surface area (TPSA) is 29.1 Å². The lowest BCUT2D eigenvalue weighted by atomic mass is 9.83. The fraction of sp³-hybridized carbons (Fsp3) is 0.923. The summed E-state index contributed by atoms with van der Waals surface area (Å²) in [6, 6.07) is 0.463. The van der Waals surface area contributed by atoms with Crippen molar-refractivity contribution in [3.8, 4) is 0 Å². The van der Waals surface area contributed by atoms with Crippen LogP contribution >= 0.6 is 0 Å². The molecule has 0 spiro atoms. The number of hydrogen-bond donors (Lipinski definition) is 1. The van der Waals surface area contributed by atoms with Gasteiger partial charge in [-0.25, -0.2) is 0 Å². The number of carbonyl (C=O) groups excluding carboxylic acids is 1. The van der Waals surface area contributed by atoms with E-state index in [1.165, 1.54) is 51.4 Å². The van der Waals surface area contributed by atoms with Crippen molar-refractivity contribution in [3.63, 3.8) is 0 Å². The van der Waals surface area contributed by atoms with Crippen LogP contribution in [0.2, 0.25) is 0 Å². The van der Waals surface area contributed by atoms with E-state index in [1.807, 2.05) is 0 Å². The molecule has 88 valence electrons. The van der Waals surface area contributed by atoms with Gasteiger partial charge >= 0.3 is 0 Å². The first kappa shape index (κ1) is 12.5. The molecule has 1 fully saturated rings. The monoisotopic (exact) mass is 211 g/mol. The maximum atomic E-state index is 10.9. The van der Waals surface area contributed by atoms with Gasteiger partial charge in [0.2, 0.25) is 5.91 Å². The number of amides is 1. The zero-order valence-electron chi connectivity index (χ0n) is 10.2. The summed E-state index contributed by atoms with van der Waals surface area (Å²) in [7, 11) is 0. The Kier molecular flexibility index (Phi) is 5.74. The summed E-state index contributed by atoms with van der Waals surface area (Å²) in [5.41, 5.74) is 0. The van der Waals surface area contributed by atoms with Crippen molar-refractivity contribution >= 4 is 5.91 Å². The van der Waals surface area contributed by atoms with E-state index >= 15 is 0 Å². The Hall–Kier alpha value is -0.530. The number of carbonyl (C=O) groups is 1. The van der Waals surface area contributed by atoms with Crippen molar-refractivity contribution in [1.82, 2.24) is 5.32 Å². The molecule has 1 amide bonds. The van der Waals surface area contributed by atoms with Crippen molar-refractivity contribution in [2.24, 2.45) is 5.92 Å². The van der Waals surface area contributed by atoms with Crippen LogP contribution < -0.4 is 5.32 Å². The van der Waals surface area contributed by atoms with Gasteiger partial charge in [0.05, 0.1) is 0 Å². The second-order valence-electron chi connectivity index (χ2n) is 4.91. The van der Waals surface area contributed by atoms with E-state index in [0.29, 0.717) is 6.04 Å². The van der Waals surface area contributed by atoms with Crippen LogP contribution in [0.4, 0.5) is 0 Å². The van der Waals surface area contributed by atoms with Crippen molar-refractivity contribution in [2.45, 2.75) is 71.3 Å². The van der Waals surface area contributed by atoms with Crippen LogP contribution in [0.1, 0.15) is 65.2 Å². The maximum absolute atomic E-state index is 10.9. The molecule has 1 rings (SSSR count). The minimum Gasteiger partial charge on any atom is -0.354 e. The molecular weight excluding hydrogens is 186 g/mol. The highest BCUT2D eigenvalue weighted by atomic mass is 16.1.